The maximum atomic E-state index is 11.2. The highest BCUT2D eigenvalue weighted by Crippen LogP contribution is 2.29. The minimum absolute atomic E-state index is 0.0339. The van der Waals surface area contributed by atoms with Crippen LogP contribution in [0.3, 0.4) is 0 Å². The van der Waals surface area contributed by atoms with Crippen LogP contribution in [0, 0.1) is 24.0 Å². The highest BCUT2D eigenvalue weighted by atomic mass is 16.6. The van der Waals surface area contributed by atoms with E-state index in [9.17, 15) is 14.9 Å². The molecular formula is C15H14N2O4. The monoisotopic (exact) mass is 286 g/mol. The van der Waals surface area contributed by atoms with E-state index in [1.54, 1.807) is 25.1 Å². The van der Waals surface area contributed by atoms with Crippen LogP contribution in [0.1, 0.15) is 21.5 Å². The average molecular weight is 286 g/mol. The largest absolute Gasteiger partial charge is 0.478 e. The summed E-state index contributed by atoms with van der Waals surface area (Å²) in [5.74, 6) is -1.06. The number of para-hydroxylation sites is 1. The van der Waals surface area contributed by atoms with Crippen LogP contribution in [-0.2, 0) is 0 Å². The molecule has 0 saturated carbocycles. The van der Waals surface area contributed by atoms with Crippen molar-refractivity contribution in [2.45, 2.75) is 13.8 Å². The van der Waals surface area contributed by atoms with Crippen molar-refractivity contribution in [3.8, 4) is 0 Å². The molecule has 0 unspecified atom stereocenters. The Hall–Kier alpha value is -2.89. The molecule has 2 rings (SSSR count). The van der Waals surface area contributed by atoms with Gasteiger partial charge in [-0.25, -0.2) is 4.79 Å². The number of non-ortho nitro benzene ring substituents is 1. The maximum Gasteiger partial charge on any atom is 0.337 e. The Balaban J connectivity index is 2.49. The van der Waals surface area contributed by atoms with Crippen LogP contribution < -0.4 is 5.32 Å². The third-order valence-electron chi connectivity index (χ3n) is 3.29. The molecular weight excluding hydrogens is 272 g/mol. The van der Waals surface area contributed by atoms with Crippen LogP contribution in [0.2, 0.25) is 0 Å². The molecule has 0 spiro atoms. The Morgan fingerprint density at radius 2 is 1.86 bits per heavy atom. The normalized spacial score (nSPS) is 10.2. The van der Waals surface area contributed by atoms with Crippen molar-refractivity contribution in [3.63, 3.8) is 0 Å². The number of nitrogens with one attached hydrogen (secondary N) is 1. The number of nitro benzene ring substituents is 1. The number of carbonyl (C=O) groups is 1. The molecule has 0 aromatic heterocycles. The Bertz CT molecular complexity index is 726. The fourth-order valence-corrected chi connectivity index (χ4v) is 2.00. The number of benzene rings is 2. The van der Waals surface area contributed by atoms with E-state index in [0.717, 1.165) is 11.1 Å². The zero-order chi connectivity index (χ0) is 15.6. The number of hydrogen-bond acceptors (Lipinski definition) is 4. The lowest BCUT2D eigenvalue weighted by atomic mass is 10.1. The number of rotatable bonds is 4. The fourth-order valence-electron chi connectivity index (χ4n) is 2.00. The first-order chi connectivity index (χ1) is 9.90. The summed E-state index contributed by atoms with van der Waals surface area (Å²) in [5, 5.41) is 23.1. The van der Waals surface area contributed by atoms with Gasteiger partial charge in [-0.3, -0.25) is 10.1 Å². The summed E-state index contributed by atoms with van der Waals surface area (Å²) in [4.78, 5) is 21.6. The molecule has 0 aliphatic carbocycles. The molecule has 0 fully saturated rings. The Morgan fingerprint density at radius 1 is 1.19 bits per heavy atom. The summed E-state index contributed by atoms with van der Waals surface area (Å²) < 4.78 is 0. The molecule has 2 aromatic carbocycles. The van der Waals surface area contributed by atoms with Gasteiger partial charge in [0.2, 0.25) is 0 Å². The quantitative estimate of drug-likeness (QED) is 0.661. The van der Waals surface area contributed by atoms with Crippen molar-refractivity contribution in [2.24, 2.45) is 0 Å². The Morgan fingerprint density at radius 3 is 2.48 bits per heavy atom. The van der Waals surface area contributed by atoms with Crippen molar-refractivity contribution in [1.29, 1.82) is 0 Å². The van der Waals surface area contributed by atoms with Gasteiger partial charge < -0.3 is 10.4 Å². The number of carboxylic acids is 1. The van der Waals surface area contributed by atoms with Gasteiger partial charge in [0, 0.05) is 17.8 Å². The lowest BCUT2D eigenvalue weighted by molar-refractivity contribution is -0.384. The molecule has 108 valence electrons. The highest BCUT2D eigenvalue weighted by molar-refractivity contribution is 5.95. The van der Waals surface area contributed by atoms with Gasteiger partial charge in [-0.15, -0.1) is 0 Å². The molecule has 21 heavy (non-hydrogen) atoms. The van der Waals surface area contributed by atoms with Crippen molar-refractivity contribution in [2.75, 3.05) is 5.32 Å². The van der Waals surface area contributed by atoms with Crippen LogP contribution in [0.15, 0.2) is 36.4 Å². The van der Waals surface area contributed by atoms with Crippen molar-refractivity contribution < 1.29 is 14.8 Å². The first-order valence-corrected chi connectivity index (χ1v) is 6.25. The zero-order valence-corrected chi connectivity index (χ0v) is 11.6. The number of anilines is 2. The zero-order valence-electron chi connectivity index (χ0n) is 11.6. The lowest BCUT2D eigenvalue weighted by Crippen LogP contribution is -2.04. The molecule has 6 heteroatoms. The van der Waals surface area contributed by atoms with Gasteiger partial charge in [0.25, 0.3) is 5.69 Å². The Labute approximate surface area is 121 Å². The first kappa shape index (κ1) is 14.5. The summed E-state index contributed by atoms with van der Waals surface area (Å²) in [6, 6.07) is 9.32. The first-order valence-electron chi connectivity index (χ1n) is 6.25. The molecule has 0 heterocycles. The number of aryl methyl sites for hydroxylation is 1. The van der Waals surface area contributed by atoms with Crippen molar-refractivity contribution in [1.82, 2.24) is 0 Å². The minimum Gasteiger partial charge on any atom is -0.478 e. The van der Waals surface area contributed by atoms with E-state index in [4.69, 9.17) is 5.11 Å². The van der Waals surface area contributed by atoms with Gasteiger partial charge in [-0.05, 0) is 37.1 Å². The third kappa shape index (κ3) is 3.00. The third-order valence-corrected chi connectivity index (χ3v) is 3.29. The average Bonchev–Trinajstić information content (AvgIpc) is 2.43. The van der Waals surface area contributed by atoms with Crippen LogP contribution >= 0.6 is 0 Å². The van der Waals surface area contributed by atoms with Gasteiger partial charge >= 0.3 is 5.97 Å². The maximum absolute atomic E-state index is 11.2. The van der Waals surface area contributed by atoms with E-state index in [1.807, 2.05) is 6.92 Å². The molecule has 0 bridgehead atoms. The molecule has 0 aliphatic rings. The Kier molecular flexibility index (Phi) is 3.89. The van der Waals surface area contributed by atoms with E-state index in [2.05, 4.69) is 5.32 Å². The molecule has 6 nitrogen and oxygen atoms in total. The summed E-state index contributed by atoms with van der Waals surface area (Å²) >= 11 is 0. The molecule has 0 aliphatic heterocycles. The van der Waals surface area contributed by atoms with Crippen LogP contribution in [0.5, 0.6) is 0 Å². The summed E-state index contributed by atoms with van der Waals surface area (Å²) in [5.41, 5.74) is 2.60. The molecule has 2 aromatic rings. The number of aromatic carboxylic acids is 1. The molecule has 2 N–H and O–H groups in total. The molecule has 0 amide bonds. The number of hydrogen-bond donors (Lipinski definition) is 2. The van der Waals surface area contributed by atoms with Crippen LogP contribution in [-0.4, -0.2) is 16.0 Å². The van der Waals surface area contributed by atoms with Gasteiger partial charge in [0.15, 0.2) is 0 Å². The SMILES string of the molecule is Cc1cc([N+](=O)[O-])cc(Nc2ccccc2C(=O)O)c1C. The number of nitro groups is 1. The second-order valence-electron chi connectivity index (χ2n) is 4.67. The summed E-state index contributed by atoms with van der Waals surface area (Å²) in [6.07, 6.45) is 0. The number of carboxylic acid groups (broad SMARTS) is 1. The molecule has 0 radical (unpaired) electrons. The fraction of sp³-hybridized carbons (Fsp3) is 0.133. The molecule has 0 saturated heterocycles. The van der Waals surface area contributed by atoms with Crippen molar-refractivity contribution >= 4 is 23.0 Å². The molecule has 0 atom stereocenters. The van der Waals surface area contributed by atoms with Crippen LogP contribution in [0.25, 0.3) is 0 Å². The lowest BCUT2D eigenvalue weighted by Gasteiger charge is -2.13. The predicted molar refractivity (Wildman–Crippen MR) is 79.3 cm³/mol. The topological polar surface area (TPSA) is 92.5 Å². The van der Waals surface area contributed by atoms with E-state index in [0.29, 0.717) is 11.4 Å². The van der Waals surface area contributed by atoms with Crippen LogP contribution in [0.4, 0.5) is 17.1 Å². The highest BCUT2D eigenvalue weighted by Gasteiger charge is 2.14. The number of nitrogens with zero attached hydrogens (tertiary/aromatic N) is 1. The van der Waals surface area contributed by atoms with E-state index in [-0.39, 0.29) is 11.3 Å². The van der Waals surface area contributed by atoms with Gasteiger partial charge in [0.05, 0.1) is 16.2 Å². The van der Waals surface area contributed by atoms with E-state index < -0.39 is 10.9 Å². The van der Waals surface area contributed by atoms with E-state index in [1.165, 1.54) is 18.2 Å². The minimum atomic E-state index is -1.06. The summed E-state index contributed by atoms with van der Waals surface area (Å²) in [7, 11) is 0. The smallest absolute Gasteiger partial charge is 0.337 e. The summed E-state index contributed by atoms with van der Waals surface area (Å²) in [6.45, 7) is 3.60. The predicted octanol–water partition coefficient (Wildman–Crippen LogP) is 3.65. The second-order valence-corrected chi connectivity index (χ2v) is 4.67. The van der Waals surface area contributed by atoms with Crippen molar-refractivity contribution in [3.05, 3.63) is 63.2 Å². The standard InChI is InChI=1S/C15H14N2O4/c1-9-7-11(17(20)21)8-14(10(9)2)16-13-6-4-3-5-12(13)15(18)19/h3-8,16H,1-2H3,(H,18,19). The van der Waals surface area contributed by atoms with Gasteiger partial charge in [-0.1, -0.05) is 12.1 Å². The van der Waals surface area contributed by atoms with Gasteiger partial charge in [0.1, 0.15) is 0 Å². The second kappa shape index (κ2) is 5.62. The van der Waals surface area contributed by atoms with E-state index >= 15 is 0 Å². The van der Waals surface area contributed by atoms with Gasteiger partial charge in [-0.2, -0.15) is 0 Å².